The van der Waals surface area contributed by atoms with Crippen LogP contribution in [0.3, 0.4) is 0 Å². The molecular formula is C14H24N2OS. The average molecular weight is 268 g/mol. The number of hydrogen-bond donors (Lipinski definition) is 1. The molecule has 3 rings (SSSR count). The Kier molecular flexibility index (Phi) is 3.35. The first kappa shape index (κ1) is 12.8. The Morgan fingerprint density at radius 1 is 1.39 bits per heavy atom. The molecule has 3 nitrogen and oxygen atoms in total. The van der Waals surface area contributed by atoms with Gasteiger partial charge < -0.3 is 4.90 Å². The van der Waals surface area contributed by atoms with E-state index in [1.165, 1.54) is 25.0 Å². The first-order chi connectivity index (χ1) is 8.64. The van der Waals surface area contributed by atoms with Crippen molar-refractivity contribution in [2.75, 3.05) is 11.5 Å². The molecule has 2 unspecified atom stereocenters. The largest absolute Gasteiger partial charge is 0.321 e. The van der Waals surface area contributed by atoms with Crippen LogP contribution >= 0.6 is 11.8 Å². The molecule has 2 saturated heterocycles. The lowest BCUT2D eigenvalue weighted by Gasteiger charge is -2.32. The van der Waals surface area contributed by atoms with Crippen molar-refractivity contribution in [1.82, 2.24) is 10.2 Å². The van der Waals surface area contributed by atoms with Crippen LogP contribution in [-0.2, 0) is 4.79 Å². The van der Waals surface area contributed by atoms with Gasteiger partial charge in [0.25, 0.3) is 0 Å². The highest BCUT2D eigenvalue weighted by Gasteiger charge is 2.54. The number of nitrogens with zero attached hydrogens (tertiary/aromatic N) is 1. The molecule has 2 aliphatic heterocycles. The SMILES string of the molecule is CC(C)C1NC2(CCCC2)C(=O)N1C1CCSC1. The van der Waals surface area contributed by atoms with Crippen LogP contribution in [0.15, 0.2) is 0 Å². The number of rotatable bonds is 2. The summed E-state index contributed by atoms with van der Waals surface area (Å²) in [6.07, 6.45) is 5.95. The van der Waals surface area contributed by atoms with Crippen molar-refractivity contribution < 1.29 is 4.79 Å². The van der Waals surface area contributed by atoms with Gasteiger partial charge in [0.05, 0.1) is 11.7 Å². The first-order valence-corrected chi connectivity index (χ1v) is 8.48. The van der Waals surface area contributed by atoms with Gasteiger partial charge in [-0.25, -0.2) is 0 Å². The Morgan fingerprint density at radius 2 is 2.11 bits per heavy atom. The van der Waals surface area contributed by atoms with Gasteiger partial charge in [0.2, 0.25) is 5.91 Å². The number of carbonyl (C=O) groups is 1. The maximum atomic E-state index is 12.9. The molecule has 2 heterocycles. The van der Waals surface area contributed by atoms with Crippen molar-refractivity contribution in [3.63, 3.8) is 0 Å². The summed E-state index contributed by atoms with van der Waals surface area (Å²) in [5.41, 5.74) is -0.192. The van der Waals surface area contributed by atoms with E-state index in [1.54, 1.807) is 0 Å². The summed E-state index contributed by atoms with van der Waals surface area (Å²) in [4.78, 5) is 15.1. The van der Waals surface area contributed by atoms with Gasteiger partial charge >= 0.3 is 0 Å². The van der Waals surface area contributed by atoms with Crippen LogP contribution < -0.4 is 5.32 Å². The van der Waals surface area contributed by atoms with Gasteiger partial charge in [0, 0.05) is 11.8 Å². The Bertz CT molecular complexity index is 333. The normalized spacial score (nSPS) is 35.3. The van der Waals surface area contributed by atoms with Gasteiger partial charge in [0.15, 0.2) is 0 Å². The van der Waals surface area contributed by atoms with E-state index in [0.29, 0.717) is 17.9 Å². The molecule has 0 aromatic heterocycles. The van der Waals surface area contributed by atoms with Crippen molar-refractivity contribution in [2.24, 2.45) is 5.92 Å². The van der Waals surface area contributed by atoms with E-state index in [9.17, 15) is 4.79 Å². The second-order valence-electron chi connectivity index (χ2n) is 6.35. The quantitative estimate of drug-likeness (QED) is 0.833. The Balaban J connectivity index is 1.86. The fourth-order valence-electron chi connectivity index (χ4n) is 3.75. The lowest BCUT2D eigenvalue weighted by Crippen LogP contribution is -2.47. The molecule has 1 amide bonds. The van der Waals surface area contributed by atoms with Crippen LogP contribution in [0.2, 0.25) is 0 Å². The summed E-state index contributed by atoms with van der Waals surface area (Å²) in [7, 11) is 0. The van der Waals surface area contributed by atoms with Crippen LogP contribution in [0.1, 0.15) is 46.0 Å². The summed E-state index contributed by atoms with van der Waals surface area (Å²) in [6.45, 7) is 4.46. The summed E-state index contributed by atoms with van der Waals surface area (Å²) in [5, 5.41) is 3.71. The second-order valence-corrected chi connectivity index (χ2v) is 7.50. The second kappa shape index (κ2) is 4.71. The molecule has 0 radical (unpaired) electrons. The highest BCUT2D eigenvalue weighted by atomic mass is 32.2. The number of carbonyl (C=O) groups excluding carboxylic acids is 1. The summed E-state index contributed by atoms with van der Waals surface area (Å²) in [5.74, 6) is 3.25. The molecule has 0 aromatic rings. The zero-order valence-electron chi connectivity index (χ0n) is 11.4. The molecule has 3 aliphatic rings. The monoisotopic (exact) mass is 268 g/mol. The van der Waals surface area contributed by atoms with Crippen molar-refractivity contribution in [3.05, 3.63) is 0 Å². The molecule has 0 aromatic carbocycles. The maximum absolute atomic E-state index is 12.9. The molecule has 3 fully saturated rings. The fourth-order valence-corrected chi connectivity index (χ4v) is 4.95. The predicted molar refractivity (Wildman–Crippen MR) is 75.5 cm³/mol. The third kappa shape index (κ3) is 1.88. The molecule has 0 bridgehead atoms. The van der Waals surface area contributed by atoms with Crippen molar-refractivity contribution in [1.29, 1.82) is 0 Å². The van der Waals surface area contributed by atoms with Crippen LogP contribution in [0.4, 0.5) is 0 Å². The van der Waals surface area contributed by atoms with Crippen LogP contribution in [0.5, 0.6) is 0 Å². The summed E-state index contributed by atoms with van der Waals surface area (Å²) in [6, 6.07) is 0.474. The highest BCUT2D eigenvalue weighted by Crippen LogP contribution is 2.40. The smallest absolute Gasteiger partial charge is 0.244 e. The topological polar surface area (TPSA) is 32.3 Å². The molecule has 4 heteroatoms. The molecular weight excluding hydrogens is 244 g/mol. The summed E-state index contributed by atoms with van der Waals surface area (Å²) >= 11 is 1.99. The van der Waals surface area contributed by atoms with Crippen molar-refractivity contribution in [3.8, 4) is 0 Å². The molecule has 102 valence electrons. The number of hydrogen-bond acceptors (Lipinski definition) is 3. The van der Waals surface area contributed by atoms with E-state index in [4.69, 9.17) is 0 Å². The van der Waals surface area contributed by atoms with E-state index in [1.807, 2.05) is 11.8 Å². The number of nitrogens with one attached hydrogen (secondary N) is 1. The molecule has 1 saturated carbocycles. The first-order valence-electron chi connectivity index (χ1n) is 7.32. The third-order valence-corrected chi connectivity index (χ3v) is 5.90. The lowest BCUT2D eigenvalue weighted by atomic mass is 9.97. The minimum Gasteiger partial charge on any atom is -0.321 e. The van der Waals surface area contributed by atoms with Gasteiger partial charge in [0.1, 0.15) is 0 Å². The molecule has 1 N–H and O–H groups in total. The molecule has 2 atom stereocenters. The van der Waals surface area contributed by atoms with E-state index >= 15 is 0 Å². The Morgan fingerprint density at radius 3 is 2.67 bits per heavy atom. The molecule has 1 aliphatic carbocycles. The summed E-state index contributed by atoms with van der Waals surface area (Å²) < 4.78 is 0. The van der Waals surface area contributed by atoms with E-state index in [2.05, 4.69) is 24.1 Å². The van der Waals surface area contributed by atoms with Gasteiger partial charge in [-0.15, -0.1) is 0 Å². The minimum absolute atomic E-state index is 0.192. The highest BCUT2D eigenvalue weighted by molar-refractivity contribution is 7.99. The number of amides is 1. The van der Waals surface area contributed by atoms with Crippen LogP contribution in [0, 0.1) is 5.92 Å². The van der Waals surface area contributed by atoms with E-state index in [0.717, 1.165) is 18.6 Å². The van der Waals surface area contributed by atoms with E-state index < -0.39 is 0 Å². The predicted octanol–water partition coefficient (Wildman–Crippen LogP) is 2.22. The average Bonchev–Trinajstić information content (AvgIpc) is 3.03. The lowest BCUT2D eigenvalue weighted by molar-refractivity contribution is -0.135. The van der Waals surface area contributed by atoms with Gasteiger partial charge in [-0.3, -0.25) is 10.1 Å². The molecule has 1 spiro atoms. The maximum Gasteiger partial charge on any atom is 0.244 e. The van der Waals surface area contributed by atoms with Gasteiger partial charge in [-0.2, -0.15) is 11.8 Å². The zero-order valence-corrected chi connectivity index (χ0v) is 12.3. The van der Waals surface area contributed by atoms with Crippen LogP contribution in [0.25, 0.3) is 0 Å². The molecule has 18 heavy (non-hydrogen) atoms. The Labute approximate surface area is 114 Å². The standard InChI is InChI=1S/C14H24N2OS/c1-10(2)12-15-14(6-3-4-7-14)13(17)16(12)11-5-8-18-9-11/h10-12,15H,3-9H2,1-2H3. The van der Waals surface area contributed by atoms with Crippen molar-refractivity contribution in [2.45, 2.75) is 63.7 Å². The Hall–Kier alpha value is -0.220. The number of thioether (sulfide) groups is 1. The fraction of sp³-hybridized carbons (Fsp3) is 0.929. The zero-order chi connectivity index (χ0) is 12.8. The van der Waals surface area contributed by atoms with E-state index in [-0.39, 0.29) is 11.7 Å². The van der Waals surface area contributed by atoms with Gasteiger partial charge in [-0.1, -0.05) is 26.7 Å². The third-order valence-electron chi connectivity index (χ3n) is 4.76. The van der Waals surface area contributed by atoms with Crippen molar-refractivity contribution >= 4 is 17.7 Å². The van der Waals surface area contributed by atoms with Crippen LogP contribution in [-0.4, -0.2) is 40.1 Å². The minimum atomic E-state index is -0.192. The van der Waals surface area contributed by atoms with Gasteiger partial charge in [-0.05, 0) is 30.9 Å².